The van der Waals surface area contributed by atoms with Crippen molar-refractivity contribution in [2.75, 3.05) is 0 Å². The Morgan fingerprint density at radius 2 is 1.28 bits per heavy atom. The molecule has 1 aliphatic rings. The molecule has 0 aromatic heterocycles. The molecule has 0 fully saturated rings. The molecule has 5 rings (SSSR count). The summed E-state index contributed by atoms with van der Waals surface area (Å²) in [7, 11) is 0. The first-order valence-electron chi connectivity index (χ1n) is 11.2. The predicted octanol–water partition coefficient (Wildman–Crippen LogP) is 7.42. The number of hydrogen-bond donors (Lipinski definition) is 2. The van der Waals surface area contributed by atoms with Crippen molar-refractivity contribution in [3.8, 4) is 0 Å². The SMILES string of the molecule is C[Si](C)=[Ti+2].O=C(O)c1ccccc1.O=C(O)c1ccccc1.[C-]1=CC=CC1.c1ccc2[cH-]ccc2c1. The number of carbonyl (C=O) groups is 2. The number of hydrogen-bond acceptors (Lipinski definition) is 2. The first kappa shape index (κ1) is 30.7. The van der Waals surface area contributed by atoms with Gasteiger partial charge in [-0.05, 0) is 24.3 Å². The van der Waals surface area contributed by atoms with Gasteiger partial charge in [-0.2, -0.15) is 23.6 Å². The number of aromatic carboxylic acids is 2. The Morgan fingerprint density at radius 1 is 0.806 bits per heavy atom. The van der Waals surface area contributed by atoms with Gasteiger partial charge in [-0.15, -0.1) is 36.1 Å². The van der Waals surface area contributed by atoms with Crippen LogP contribution in [-0.2, 0) is 19.2 Å². The Bertz CT molecular complexity index is 1150. The number of allylic oxidation sites excluding steroid dienone is 4. The Balaban J connectivity index is 0.000000233. The first-order valence-corrected chi connectivity index (χ1v) is 16.1. The van der Waals surface area contributed by atoms with Gasteiger partial charge in [0.2, 0.25) is 0 Å². The fraction of sp³-hybridized carbons (Fsp3) is 0.100. The molecule has 36 heavy (non-hydrogen) atoms. The zero-order valence-corrected chi connectivity index (χ0v) is 23.0. The maximum absolute atomic E-state index is 10.2. The van der Waals surface area contributed by atoms with Crippen molar-refractivity contribution < 1.29 is 39.0 Å². The summed E-state index contributed by atoms with van der Waals surface area (Å²) in [6.45, 7) is 4.54. The van der Waals surface area contributed by atoms with E-state index in [1.165, 1.54) is 10.8 Å². The van der Waals surface area contributed by atoms with Crippen molar-refractivity contribution >= 4 is 28.9 Å². The fourth-order valence-electron chi connectivity index (χ4n) is 2.57. The van der Waals surface area contributed by atoms with Gasteiger partial charge in [0.15, 0.2) is 0 Å². The van der Waals surface area contributed by atoms with E-state index in [-0.39, 0.29) is 6.19 Å². The van der Waals surface area contributed by atoms with Crippen LogP contribution >= 0.6 is 0 Å². The molecule has 6 heteroatoms. The predicted molar refractivity (Wildman–Crippen MR) is 145 cm³/mol. The fourth-order valence-corrected chi connectivity index (χ4v) is 2.57. The summed E-state index contributed by atoms with van der Waals surface area (Å²) in [5.41, 5.74) is 0.662. The average Bonchev–Trinajstić information content (AvgIpc) is 3.61. The maximum Gasteiger partial charge on any atom is 0.335 e. The van der Waals surface area contributed by atoms with Crippen molar-refractivity contribution in [3.63, 3.8) is 0 Å². The first-order chi connectivity index (χ1) is 17.3. The third-order valence-corrected chi connectivity index (χ3v) is 4.17. The van der Waals surface area contributed by atoms with Crippen LogP contribution in [0, 0.1) is 6.08 Å². The molecule has 0 bridgehead atoms. The largest absolute Gasteiger partial charge is 0.478 e. The molecule has 4 nitrogen and oxygen atoms in total. The number of carboxylic acids is 2. The van der Waals surface area contributed by atoms with Crippen LogP contribution in [0.15, 0.2) is 121 Å². The smallest absolute Gasteiger partial charge is 0.335 e. The topological polar surface area (TPSA) is 74.6 Å². The molecule has 0 saturated heterocycles. The molecule has 0 atom stereocenters. The Hall–Kier alpha value is -3.38. The number of benzene rings is 3. The van der Waals surface area contributed by atoms with Gasteiger partial charge in [0.05, 0.1) is 11.1 Å². The summed E-state index contributed by atoms with van der Waals surface area (Å²) < 4.78 is 0. The van der Waals surface area contributed by atoms with E-state index in [1.54, 1.807) is 60.7 Å². The Kier molecular flexibility index (Phi) is 16.1. The zero-order valence-electron chi connectivity index (χ0n) is 20.5. The minimum Gasteiger partial charge on any atom is -0.478 e. The molecule has 0 spiro atoms. The van der Waals surface area contributed by atoms with Crippen LogP contribution in [-0.4, -0.2) is 28.3 Å². The van der Waals surface area contributed by atoms with E-state index >= 15 is 0 Å². The van der Waals surface area contributed by atoms with Gasteiger partial charge in [0.1, 0.15) is 0 Å². The van der Waals surface area contributed by atoms with Crippen LogP contribution in [0.2, 0.25) is 13.1 Å². The van der Waals surface area contributed by atoms with Gasteiger partial charge < -0.3 is 10.2 Å². The molecule has 4 aromatic carbocycles. The monoisotopic (exact) mass is 530 g/mol. The third kappa shape index (κ3) is 14.8. The summed E-state index contributed by atoms with van der Waals surface area (Å²) in [4.78, 5) is 20.4. The molecule has 182 valence electrons. The Morgan fingerprint density at radius 3 is 1.61 bits per heavy atom. The number of rotatable bonds is 2. The van der Waals surface area contributed by atoms with E-state index in [9.17, 15) is 9.59 Å². The van der Waals surface area contributed by atoms with Crippen molar-refractivity contribution in [1.82, 2.24) is 0 Å². The normalized spacial score (nSPS) is 10.2. The molecule has 0 radical (unpaired) electrons. The van der Waals surface area contributed by atoms with E-state index in [0.29, 0.717) is 11.1 Å². The summed E-state index contributed by atoms with van der Waals surface area (Å²) >= 11 is 2.27. The zero-order chi connectivity index (χ0) is 26.6. The number of fused-ring (bicyclic) bond motifs is 1. The molecule has 0 aliphatic heterocycles. The molecule has 0 heterocycles. The standard InChI is InChI=1S/C9H7.2C7H6O2.C5H5.C2H6Si.Ti/c1-2-5-9-7-3-6-8(9)4-1;2*8-7(9)6-4-2-1-3-5-6;1-2-4-5-3-1;1-3-2;/h1-7H;2*1-5H,(H,8,9);1-3H,4H2;1-2H3;/q-1;;;-1;;+2. The van der Waals surface area contributed by atoms with E-state index in [0.717, 1.165) is 6.42 Å². The molecule has 0 unspecified atom stereocenters. The summed E-state index contributed by atoms with van der Waals surface area (Å²) in [5.74, 6) is -1.76. The van der Waals surface area contributed by atoms with Crippen molar-refractivity contribution in [3.05, 3.63) is 139 Å². The summed E-state index contributed by atoms with van der Waals surface area (Å²) in [6, 6.07) is 31.3. The van der Waals surface area contributed by atoms with Gasteiger partial charge in [-0.25, -0.2) is 21.7 Å². The second-order valence-corrected chi connectivity index (χ2v) is 14.2. The molecule has 2 N–H and O–H groups in total. The maximum atomic E-state index is 10.2. The molecule has 4 aromatic rings. The van der Waals surface area contributed by atoms with Gasteiger partial charge in [-0.1, -0.05) is 42.5 Å². The second kappa shape index (κ2) is 18.9. The second-order valence-electron chi connectivity index (χ2n) is 7.50. The van der Waals surface area contributed by atoms with Crippen LogP contribution in [0.25, 0.3) is 10.8 Å². The van der Waals surface area contributed by atoms with Gasteiger partial charge in [-0.3, -0.25) is 6.08 Å². The van der Waals surface area contributed by atoms with Gasteiger partial charge in [0.25, 0.3) is 0 Å². The molecule has 1 aliphatic carbocycles. The van der Waals surface area contributed by atoms with Crippen molar-refractivity contribution in [2.45, 2.75) is 19.5 Å². The van der Waals surface area contributed by atoms with Crippen LogP contribution < -0.4 is 0 Å². The van der Waals surface area contributed by atoms with E-state index < -0.39 is 11.9 Å². The number of carboxylic acid groups (broad SMARTS) is 2. The van der Waals surface area contributed by atoms with E-state index in [4.69, 9.17) is 10.2 Å². The minimum atomic E-state index is -0.879. The Labute approximate surface area is 225 Å². The molecule has 0 amide bonds. The van der Waals surface area contributed by atoms with Crippen LogP contribution in [0.4, 0.5) is 0 Å². The van der Waals surface area contributed by atoms with Crippen molar-refractivity contribution in [2.24, 2.45) is 0 Å². The molecular weight excluding hydrogens is 500 g/mol. The third-order valence-electron chi connectivity index (χ3n) is 4.17. The van der Waals surface area contributed by atoms with Crippen LogP contribution in [0.1, 0.15) is 27.1 Å². The van der Waals surface area contributed by atoms with Crippen LogP contribution in [0.3, 0.4) is 0 Å². The molecule has 0 saturated carbocycles. The van der Waals surface area contributed by atoms with Crippen LogP contribution in [0.5, 0.6) is 0 Å². The van der Waals surface area contributed by atoms with E-state index in [1.807, 2.05) is 12.2 Å². The van der Waals surface area contributed by atoms with Crippen molar-refractivity contribution in [1.29, 1.82) is 0 Å². The average molecular weight is 531 g/mol. The van der Waals surface area contributed by atoms with E-state index in [2.05, 4.69) is 86.9 Å². The molecular formula is C30H30O4SiTi. The summed E-state index contributed by atoms with van der Waals surface area (Å²) in [5, 5.41) is 19.4. The quantitative estimate of drug-likeness (QED) is 0.209. The van der Waals surface area contributed by atoms with Gasteiger partial charge >= 0.3 is 50.4 Å². The summed E-state index contributed by atoms with van der Waals surface area (Å²) in [6.07, 6.45) is 10.1. The van der Waals surface area contributed by atoms with Gasteiger partial charge in [0, 0.05) is 0 Å². The minimum absolute atomic E-state index is 0.120.